The summed E-state index contributed by atoms with van der Waals surface area (Å²) in [5.74, 6) is -3.56. The van der Waals surface area contributed by atoms with Crippen molar-refractivity contribution in [3.05, 3.63) is 189 Å². The van der Waals surface area contributed by atoms with Gasteiger partial charge in [0.1, 0.15) is 33.8 Å². The van der Waals surface area contributed by atoms with E-state index in [1.807, 2.05) is 0 Å². The van der Waals surface area contributed by atoms with E-state index in [9.17, 15) is 39.2 Å². The lowest BCUT2D eigenvalue weighted by Gasteiger charge is -2.19. The van der Waals surface area contributed by atoms with Crippen LogP contribution in [0.1, 0.15) is 44.1 Å². The average molecular weight is 874 g/mol. The summed E-state index contributed by atoms with van der Waals surface area (Å²) in [6, 6.07) is 21.3. The minimum absolute atomic E-state index is 0.0779. The molecular weight excluding hydrogens is 843 g/mol. The number of hydrogen-bond acceptors (Lipinski definition) is 9. The summed E-state index contributed by atoms with van der Waals surface area (Å²) in [5, 5.41) is -2.83. The summed E-state index contributed by atoms with van der Waals surface area (Å²) in [7, 11) is -8.69. The van der Waals surface area contributed by atoms with Crippen molar-refractivity contribution in [2.75, 3.05) is 13.2 Å². The van der Waals surface area contributed by atoms with Gasteiger partial charge in [0.2, 0.25) is 0 Å². The summed E-state index contributed by atoms with van der Waals surface area (Å²) in [5.41, 5.74) is 0.0352. The van der Waals surface area contributed by atoms with Gasteiger partial charge in [-0.2, -0.15) is 0 Å². The second-order valence-corrected chi connectivity index (χ2v) is 17.7. The maximum Gasteiger partial charge on any atom is 0.508 e. The molecule has 2 atom stereocenters. The monoisotopic (exact) mass is 872 g/mol. The fourth-order valence-corrected chi connectivity index (χ4v) is 9.72. The highest BCUT2D eigenvalue weighted by Crippen LogP contribution is 2.38. The van der Waals surface area contributed by atoms with Gasteiger partial charge in [-0.15, -0.1) is 0 Å². The molecule has 6 rings (SSSR count). The number of benzene rings is 4. The van der Waals surface area contributed by atoms with Gasteiger partial charge in [-0.05, 0) is 108 Å². The van der Waals surface area contributed by atoms with Crippen molar-refractivity contribution < 1.29 is 48.7 Å². The lowest BCUT2D eigenvalue weighted by molar-refractivity contribution is 0.0568. The zero-order valence-corrected chi connectivity index (χ0v) is 33.0. The molecule has 0 amide bonds. The summed E-state index contributed by atoms with van der Waals surface area (Å²) in [6.07, 6.45) is 1.94. The topological polar surface area (TPSA) is 130 Å². The number of hydrogen-bond donors (Lipinski definition) is 0. The third kappa shape index (κ3) is 9.84. The van der Waals surface area contributed by atoms with E-state index in [0.717, 1.165) is 36.4 Å². The summed E-state index contributed by atoms with van der Waals surface area (Å²) in [4.78, 5) is 20.5. The van der Waals surface area contributed by atoms with E-state index >= 15 is 0 Å². The lowest BCUT2D eigenvalue weighted by Crippen LogP contribution is -2.18. The Labute approximate surface area is 341 Å². The van der Waals surface area contributed by atoms with Crippen molar-refractivity contribution in [2.45, 2.75) is 33.1 Å². The molecule has 300 valence electrons. The van der Waals surface area contributed by atoms with Gasteiger partial charge >= 0.3 is 6.16 Å². The third-order valence-corrected chi connectivity index (χ3v) is 13.4. The Kier molecular flexibility index (Phi) is 13.2. The summed E-state index contributed by atoms with van der Waals surface area (Å²) in [6.45, 7) is -0.303. The standard InChI is InChI=1S/C41H30Cl2F4N2O7S2/c42-27-3-9-31(10-4-27)57(51,52)39(33-21-29(44)7-13-35(33)46)37-15-1-25(23-48-37)17-19-55-41(50)56-20-18-26-2-16-38(49-24-26)40(34-22-30(45)8-14-36(34)47)58(53,54)32-11-5-28(43)6-12-32/h1-16,21-24,39-40H,17-20H2. The van der Waals surface area contributed by atoms with E-state index in [1.54, 1.807) is 0 Å². The maximum absolute atomic E-state index is 15.0. The number of sulfone groups is 2. The lowest BCUT2D eigenvalue weighted by atomic mass is 10.1. The van der Waals surface area contributed by atoms with E-state index in [2.05, 4.69) is 9.97 Å². The van der Waals surface area contributed by atoms with Crippen LogP contribution < -0.4 is 0 Å². The molecule has 0 radical (unpaired) electrons. The Morgan fingerprint density at radius 1 is 0.552 bits per heavy atom. The van der Waals surface area contributed by atoms with E-state index in [1.165, 1.54) is 85.2 Å². The van der Waals surface area contributed by atoms with Crippen molar-refractivity contribution >= 4 is 49.0 Å². The SMILES string of the molecule is O=C(OCCc1ccc(C(c2cc(F)ccc2F)S(=O)(=O)c2ccc(Cl)cc2)nc1)OCCc1ccc(C(c2cc(F)ccc2F)S(=O)(=O)c2ccc(Cl)cc2)nc1. The molecule has 0 saturated carbocycles. The van der Waals surface area contributed by atoms with Gasteiger partial charge in [-0.3, -0.25) is 9.97 Å². The molecule has 6 aromatic rings. The van der Waals surface area contributed by atoms with Gasteiger partial charge in [0.25, 0.3) is 0 Å². The Bertz CT molecular complexity index is 2460. The zero-order chi connectivity index (χ0) is 41.6. The molecule has 0 bridgehead atoms. The van der Waals surface area contributed by atoms with Gasteiger partial charge in [-0.25, -0.2) is 39.2 Å². The molecule has 0 saturated heterocycles. The first-order valence-electron chi connectivity index (χ1n) is 17.2. The number of pyridine rings is 2. The molecule has 2 heterocycles. The molecule has 0 fully saturated rings. The molecule has 0 aliphatic carbocycles. The number of nitrogens with zero attached hydrogens (tertiary/aromatic N) is 2. The smallest absolute Gasteiger partial charge is 0.434 e. The predicted octanol–water partition coefficient (Wildman–Crippen LogP) is 9.40. The minimum atomic E-state index is -4.34. The van der Waals surface area contributed by atoms with Crippen molar-refractivity contribution in [3.8, 4) is 0 Å². The van der Waals surface area contributed by atoms with Crippen LogP contribution in [0.5, 0.6) is 0 Å². The second-order valence-electron chi connectivity index (χ2n) is 12.7. The Hall–Kier alpha value is -5.35. The van der Waals surface area contributed by atoms with E-state index in [-0.39, 0.29) is 57.3 Å². The van der Waals surface area contributed by atoms with Crippen LogP contribution in [0.25, 0.3) is 0 Å². The molecule has 58 heavy (non-hydrogen) atoms. The molecule has 17 heteroatoms. The quantitative estimate of drug-likeness (QED) is 0.0777. The fourth-order valence-electron chi connectivity index (χ4n) is 5.95. The molecule has 2 aromatic heterocycles. The van der Waals surface area contributed by atoms with Crippen LogP contribution in [0.15, 0.2) is 131 Å². The van der Waals surface area contributed by atoms with E-state index < -0.39 is 70.7 Å². The highest BCUT2D eigenvalue weighted by Gasteiger charge is 2.36. The van der Waals surface area contributed by atoms with Gasteiger partial charge in [0, 0.05) is 46.4 Å². The Morgan fingerprint density at radius 2 is 0.931 bits per heavy atom. The van der Waals surface area contributed by atoms with Crippen LogP contribution in [-0.4, -0.2) is 46.2 Å². The van der Waals surface area contributed by atoms with Gasteiger partial charge in [0.05, 0.1) is 34.4 Å². The van der Waals surface area contributed by atoms with Gasteiger partial charge in [0.15, 0.2) is 19.7 Å². The van der Waals surface area contributed by atoms with Crippen molar-refractivity contribution in [2.24, 2.45) is 0 Å². The average Bonchev–Trinajstić information content (AvgIpc) is 3.19. The summed E-state index contributed by atoms with van der Waals surface area (Å²) < 4.78 is 124. The van der Waals surface area contributed by atoms with E-state index in [4.69, 9.17) is 32.7 Å². The molecule has 2 unspecified atom stereocenters. The van der Waals surface area contributed by atoms with Crippen LogP contribution in [0, 0.1) is 23.3 Å². The molecular formula is C41H30Cl2F4N2O7S2. The normalized spacial score (nSPS) is 12.8. The van der Waals surface area contributed by atoms with Crippen LogP contribution >= 0.6 is 23.2 Å². The third-order valence-electron chi connectivity index (χ3n) is 8.84. The molecule has 0 aliphatic heterocycles. The number of carbonyl (C=O) groups is 1. The first kappa shape index (κ1) is 42.3. The van der Waals surface area contributed by atoms with Crippen LogP contribution in [-0.2, 0) is 42.0 Å². The number of carbonyl (C=O) groups excluding carboxylic acids is 1. The number of rotatable bonds is 14. The van der Waals surface area contributed by atoms with Crippen molar-refractivity contribution in [1.82, 2.24) is 9.97 Å². The van der Waals surface area contributed by atoms with Gasteiger partial charge < -0.3 is 9.47 Å². The fraction of sp³-hybridized carbons (Fsp3) is 0.146. The largest absolute Gasteiger partial charge is 0.508 e. The van der Waals surface area contributed by atoms with Crippen molar-refractivity contribution in [3.63, 3.8) is 0 Å². The van der Waals surface area contributed by atoms with E-state index in [0.29, 0.717) is 11.1 Å². The van der Waals surface area contributed by atoms with Crippen LogP contribution in [0.3, 0.4) is 0 Å². The number of halogens is 6. The highest BCUT2D eigenvalue weighted by molar-refractivity contribution is 7.92. The van der Waals surface area contributed by atoms with Gasteiger partial charge in [-0.1, -0.05) is 35.3 Å². The maximum atomic E-state index is 15.0. The first-order valence-corrected chi connectivity index (χ1v) is 21.1. The molecule has 9 nitrogen and oxygen atoms in total. The molecule has 0 spiro atoms. The second kappa shape index (κ2) is 18.1. The predicted molar refractivity (Wildman–Crippen MR) is 207 cm³/mol. The highest BCUT2D eigenvalue weighted by atomic mass is 35.5. The van der Waals surface area contributed by atoms with Crippen LogP contribution in [0.2, 0.25) is 10.0 Å². The molecule has 0 N–H and O–H groups in total. The Balaban J connectivity index is 1.06. The first-order chi connectivity index (χ1) is 27.6. The number of aromatic nitrogens is 2. The molecule has 0 aliphatic rings. The van der Waals surface area contributed by atoms with Crippen molar-refractivity contribution in [1.29, 1.82) is 0 Å². The summed E-state index contributed by atoms with van der Waals surface area (Å²) >= 11 is 11.8. The minimum Gasteiger partial charge on any atom is -0.434 e. The Morgan fingerprint density at radius 3 is 1.28 bits per heavy atom. The zero-order valence-electron chi connectivity index (χ0n) is 29.9. The molecule has 4 aromatic carbocycles. The number of ether oxygens (including phenoxy) is 2. The van der Waals surface area contributed by atoms with Crippen LogP contribution in [0.4, 0.5) is 22.4 Å².